The van der Waals surface area contributed by atoms with Crippen LogP contribution in [0.15, 0.2) is 83.7 Å². The normalized spacial score (nSPS) is 16.9. The molecule has 8 rings (SSSR count). The van der Waals surface area contributed by atoms with E-state index < -0.39 is 47.7 Å². The lowest BCUT2D eigenvalue weighted by Gasteiger charge is -2.40. The number of piperidine rings is 1. The molecule has 0 unspecified atom stereocenters. The maximum Gasteiger partial charge on any atom is 0.272 e. The number of H-pyrrole nitrogens is 1. The van der Waals surface area contributed by atoms with Crippen LogP contribution in [0.2, 0.25) is 0 Å². The molecule has 1 N–H and O–H groups in total. The van der Waals surface area contributed by atoms with Gasteiger partial charge in [0.2, 0.25) is 12.3 Å². The number of fused-ring (bicyclic) bond motifs is 1. The number of nitrogens with zero attached hydrogens (tertiary/aromatic N) is 6. The summed E-state index contributed by atoms with van der Waals surface area (Å²) in [5.74, 6) is -3.50. The Balaban J connectivity index is 0.762. The van der Waals surface area contributed by atoms with E-state index in [0.717, 1.165) is 31.8 Å². The summed E-state index contributed by atoms with van der Waals surface area (Å²) < 4.78 is 71.3. The Morgan fingerprint density at radius 2 is 1.30 bits per heavy atom. The van der Waals surface area contributed by atoms with Gasteiger partial charge in [0, 0.05) is 90.2 Å². The highest BCUT2D eigenvalue weighted by Gasteiger charge is 2.31. The zero-order valence-electron chi connectivity index (χ0n) is 34.7. The van der Waals surface area contributed by atoms with Gasteiger partial charge in [-0.15, -0.1) is 0 Å². The molecule has 3 amide bonds. The molecular weight excluding hydrogens is 822 g/mol. The first-order chi connectivity index (χ1) is 30.4. The van der Waals surface area contributed by atoms with Crippen LogP contribution in [0.1, 0.15) is 50.4 Å². The molecule has 4 heterocycles. The predicted octanol–water partition coefficient (Wildman–Crippen LogP) is 5.86. The van der Waals surface area contributed by atoms with E-state index in [1.54, 1.807) is 46.2 Å². The van der Waals surface area contributed by atoms with Crippen molar-refractivity contribution >= 4 is 28.5 Å². The number of carbonyl (C=O) groups is 3. The molecule has 330 valence electrons. The number of amides is 3. The molecule has 4 aromatic carbocycles. The van der Waals surface area contributed by atoms with Gasteiger partial charge < -0.3 is 19.6 Å². The molecule has 0 spiro atoms. The summed E-state index contributed by atoms with van der Waals surface area (Å²) in [5, 5.41) is 7.90. The van der Waals surface area contributed by atoms with Crippen LogP contribution in [0, 0.1) is 23.4 Å². The zero-order chi connectivity index (χ0) is 44.2. The Labute approximate surface area is 361 Å². The van der Waals surface area contributed by atoms with Crippen molar-refractivity contribution in [3.05, 3.63) is 135 Å². The third-order valence-electron chi connectivity index (χ3n) is 12.5. The standard InChI is InChI=1S/C47H48F5N7O4/c48-38-9-8-32(24-41-35-6-1-2-7-36(35)45(61)54-53-41)23-37(38)46(62)59-20-18-57(19-21-59)43(60)29-56-16-14-55(15-17-56)28-30-10-12-58(13-11-30)47(63)44-39(49)26-34(27-40(44)50)33-5-3-4-31(22-33)25-42(51)52/h1-9,22-23,26-27,30,42H,10-21,24-25,28-29H2,(H,54,61). The van der Waals surface area contributed by atoms with Crippen LogP contribution in [-0.4, -0.2) is 137 Å². The monoisotopic (exact) mass is 869 g/mol. The first kappa shape index (κ1) is 43.6. The first-order valence-corrected chi connectivity index (χ1v) is 21.3. The van der Waals surface area contributed by atoms with Gasteiger partial charge in [0.25, 0.3) is 17.4 Å². The third kappa shape index (κ3) is 10.1. The van der Waals surface area contributed by atoms with Crippen molar-refractivity contribution in [3.63, 3.8) is 0 Å². The third-order valence-corrected chi connectivity index (χ3v) is 12.5. The Hall–Kier alpha value is -6.00. The molecule has 3 aliphatic heterocycles. The zero-order valence-corrected chi connectivity index (χ0v) is 34.7. The second kappa shape index (κ2) is 19.2. The second-order valence-corrected chi connectivity index (χ2v) is 16.6. The lowest BCUT2D eigenvalue weighted by atomic mass is 9.95. The minimum absolute atomic E-state index is 0.0250. The second-order valence-electron chi connectivity index (χ2n) is 16.6. The minimum atomic E-state index is -2.55. The van der Waals surface area contributed by atoms with Gasteiger partial charge in [-0.05, 0) is 71.3 Å². The molecule has 63 heavy (non-hydrogen) atoms. The van der Waals surface area contributed by atoms with Crippen LogP contribution in [0.3, 0.4) is 0 Å². The number of aromatic nitrogens is 2. The summed E-state index contributed by atoms with van der Waals surface area (Å²) in [5.41, 5.74) is 1.20. The van der Waals surface area contributed by atoms with Gasteiger partial charge in [-0.1, -0.05) is 48.5 Å². The van der Waals surface area contributed by atoms with Crippen LogP contribution in [0.25, 0.3) is 21.9 Å². The Morgan fingerprint density at radius 3 is 2.00 bits per heavy atom. The first-order valence-electron chi connectivity index (χ1n) is 21.3. The number of hydrogen-bond acceptors (Lipinski definition) is 7. The summed E-state index contributed by atoms with van der Waals surface area (Å²) in [6.45, 7) is 5.95. The van der Waals surface area contributed by atoms with Gasteiger partial charge in [-0.2, -0.15) is 5.10 Å². The molecule has 3 saturated heterocycles. The van der Waals surface area contributed by atoms with Crippen molar-refractivity contribution in [3.8, 4) is 11.1 Å². The highest BCUT2D eigenvalue weighted by Crippen LogP contribution is 2.29. The maximum absolute atomic E-state index is 15.3. The number of piperazine rings is 2. The largest absolute Gasteiger partial charge is 0.338 e. The number of rotatable bonds is 11. The molecule has 0 radical (unpaired) electrons. The van der Waals surface area contributed by atoms with Crippen molar-refractivity contribution in [2.45, 2.75) is 32.1 Å². The van der Waals surface area contributed by atoms with E-state index in [4.69, 9.17) is 0 Å². The van der Waals surface area contributed by atoms with Gasteiger partial charge >= 0.3 is 0 Å². The van der Waals surface area contributed by atoms with E-state index in [2.05, 4.69) is 20.0 Å². The van der Waals surface area contributed by atoms with Crippen molar-refractivity contribution in [1.82, 2.24) is 34.7 Å². The van der Waals surface area contributed by atoms with E-state index >= 15 is 13.2 Å². The molecule has 0 atom stereocenters. The fraction of sp³-hybridized carbons (Fsp3) is 0.383. The Kier molecular flexibility index (Phi) is 13.3. The quantitative estimate of drug-likeness (QED) is 0.166. The number of halogens is 5. The van der Waals surface area contributed by atoms with Crippen LogP contribution in [0.5, 0.6) is 0 Å². The van der Waals surface area contributed by atoms with Crippen molar-refractivity contribution in [2.24, 2.45) is 5.92 Å². The van der Waals surface area contributed by atoms with Crippen LogP contribution >= 0.6 is 0 Å². The number of hydrogen-bond donors (Lipinski definition) is 1. The topological polar surface area (TPSA) is 113 Å². The van der Waals surface area contributed by atoms with Crippen molar-refractivity contribution in [2.75, 3.05) is 78.5 Å². The van der Waals surface area contributed by atoms with Crippen LogP contribution < -0.4 is 5.56 Å². The highest BCUT2D eigenvalue weighted by atomic mass is 19.3. The highest BCUT2D eigenvalue weighted by molar-refractivity contribution is 5.96. The molecule has 5 aromatic rings. The number of alkyl halides is 2. The number of nitrogens with one attached hydrogen (secondary N) is 1. The number of aromatic amines is 1. The summed E-state index contributed by atoms with van der Waals surface area (Å²) in [6, 6.07) is 19.8. The molecule has 0 bridgehead atoms. The number of benzene rings is 4. The van der Waals surface area contributed by atoms with E-state index in [-0.39, 0.29) is 48.6 Å². The molecule has 0 aliphatic carbocycles. The Bertz CT molecular complexity index is 2520. The molecule has 3 aliphatic rings. The van der Waals surface area contributed by atoms with Gasteiger partial charge in [0.1, 0.15) is 23.0 Å². The lowest BCUT2D eigenvalue weighted by molar-refractivity contribution is -0.134. The maximum atomic E-state index is 15.3. The fourth-order valence-corrected chi connectivity index (χ4v) is 8.94. The SMILES string of the molecule is O=C(CN1CCN(CC2CCN(C(=O)c3c(F)cc(-c4cccc(CC(F)F)c4)cc3F)CC2)CC1)N1CCN(C(=O)c2cc(Cc3n[nH]c(=O)c4ccccc34)ccc2F)CC1. The molecule has 1 aromatic heterocycles. The fourth-order valence-electron chi connectivity index (χ4n) is 8.94. The summed E-state index contributed by atoms with van der Waals surface area (Å²) in [7, 11) is 0. The smallest absolute Gasteiger partial charge is 0.272 e. The summed E-state index contributed by atoms with van der Waals surface area (Å²) in [6.07, 6.45) is -1.37. The number of carbonyl (C=O) groups excluding carboxylic acids is 3. The average Bonchev–Trinajstić information content (AvgIpc) is 3.28. The van der Waals surface area contributed by atoms with Crippen molar-refractivity contribution in [1.29, 1.82) is 0 Å². The molecule has 3 fully saturated rings. The van der Waals surface area contributed by atoms with E-state index in [0.29, 0.717) is 91.2 Å². The minimum Gasteiger partial charge on any atom is -0.338 e. The molecular formula is C47H48F5N7O4. The van der Waals surface area contributed by atoms with Crippen LogP contribution in [-0.2, 0) is 17.6 Å². The summed E-state index contributed by atoms with van der Waals surface area (Å²) >= 11 is 0. The molecule has 0 saturated carbocycles. The van der Waals surface area contributed by atoms with E-state index in [1.807, 2.05) is 6.07 Å². The van der Waals surface area contributed by atoms with Gasteiger partial charge in [0.05, 0.1) is 23.2 Å². The summed E-state index contributed by atoms with van der Waals surface area (Å²) in [4.78, 5) is 61.6. The van der Waals surface area contributed by atoms with E-state index in [1.165, 1.54) is 29.2 Å². The average molecular weight is 870 g/mol. The molecule has 16 heteroatoms. The molecule has 11 nitrogen and oxygen atoms in total. The van der Waals surface area contributed by atoms with Crippen LogP contribution in [0.4, 0.5) is 22.0 Å². The van der Waals surface area contributed by atoms with E-state index in [9.17, 15) is 28.0 Å². The predicted molar refractivity (Wildman–Crippen MR) is 227 cm³/mol. The lowest BCUT2D eigenvalue weighted by Crippen LogP contribution is -2.55. The Morgan fingerprint density at radius 1 is 0.651 bits per heavy atom. The number of likely N-dealkylation sites (tertiary alicyclic amines) is 1. The van der Waals surface area contributed by atoms with Gasteiger partial charge in [-0.25, -0.2) is 27.1 Å². The van der Waals surface area contributed by atoms with Gasteiger partial charge in [0.15, 0.2) is 0 Å². The van der Waals surface area contributed by atoms with Crippen molar-refractivity contribution < 1.29 is 36.3 Å². The van der Waals surface area contributed by atoms with Gasteiger partial charge in [-0.3, -0.25) is 24.1 Å².